The number of benzene rings is 2. The zero-order chi connectivity index (χ0) is 19.1. The molecule has 0 aliphatic carbocycles. The number of likely N-dealkylation sites (N-methyl/N-ethyl adjacent to an activating group) is 1. The maximum atomic E-state index is 6.58. The summed E-state index contributed by atoms with van der Waals surface area (Å²) in [6.45, 7) is 11.7. The Balaban J connectivity index is 2.02. The molecule has 0 aromatic heterocycles. The van der Waals surface area contributed by atoms with Crippen LogP contribution in [0.2, 0.25) is 10.0 Å². The van der Waals surface area contributed by atoms with Crippen molar-refractivity contribution in [1.29, 1.82) is 0 Å². The second-order valence-corrected chi connectivity index (χ2v) is 8.12. The predicted octanol–water partition coefficient (Wildman–Crippen LogP) is 7.07. The van der Waals surface area contributed by atoms with Crippen LogP contribution in [0.3, 0.4) is 0 Å². The van der Waals surface area contributed by atoms with Gasteiger partial charge in [0.2, 0.25) is 0 Å². The van der Waals surface area contributed by atoms with Crippen LogP contribution in [0.1, 0.15) is 44.4 Å². The van der Waals surface area contributed by atoms with E-state index >= 15 is 0 Å². The van der Waals surface area contributed by atoms with Crippen LogP contribution in [0.4, 0.5) is 11.4 Å². The average molecular weight is 387 g/mol. The SMILES string of the molecule is CCN1c2cc(Cl)c(C=Nc3ccc(C)c(Cl)c3)cc2C(C)=CC1(C)C. The minimum Gasteiger partial charge on any atom is -0.363 e. The highest BCUT2D eigenvalue weighted by Crippen LogP contribution is 2.41. The smallest absolute Gasteiger partial charge is 0.0644 e. The fraction of sp³-hybridized carbons (Fsp3) is 0.318. The number of fused-ring (bicyclic) bond motifs is 1. The number of hydrogen-bond acceptors (Lipinski definition) is 2. The number of allylic oxidation sites excluding steroid dienone is 1. The first-order valence-electron chi connectivity index (χ1n) is 8.84. The van der Waals surface area contributed by atoms with Crippen LogP contribution in [-0.4, -0.2) is 18.3 Å². The summed E-state index contributed by atoms with van der Waals surface area (Å²) >= 11 is 12.8. The summed E-state index contributed by atoms with van der Waals surface area (Å²) in [6, 6.07) is 9.98. The van der Waals surface area contributed by atoms with E-state index in [0.717, 1.165) is 28.4 Å². The average Bonchev–Trinajstić information content (AvgIpc) is 2.56. The first kappa shape index (κ1) is 19.0. The van der Waals surface area contributed by atoms with Crippen molar-refractivity contribution in [3.05, 3.63) is 63.1 Å². The van der Waals surface area contributed by atoms with Crippen LogP contribution >= 0.6 is 23.2 Å². The Kier molecular flexibility index (Phi) is 5.18. The van der Waals surface area contributed by atoms with Gasteiger partial charge in [-0.15, -0.1) is 0 Å². The van der Waals surface area contributed by atoms with Crippen LogP contribution in [0.15, 0.2) is 41.4 Å². The van der Waals surface area contributed by atoms with Crippen LogP contribution in [0.5, 0.6) is 0 Å². The maximum Gasteiger partial charge on any atom is 0.0644 e. The number of nitrogens with zero attached hydrogens (tertiary/aromatic N) is 2. The molecule has 1 heterocycles. The lowest BCUT2D eigenvalue weighted by Gasteiger charge is -2.43. The summed E-state index contributed by atoms with van der Waals surface area (Å²) in [5, 5.41) is 1.42. The lowest BCUT2D eigenvalue weighted by atomic mass is 9.88. The summed E-state index contributed by atoms with van der Waals surface area (Å²) in [7, 11) is 0. The zero-order valence-corrected chi connectivity index (χ0v) is 17.4. The topological polar surface area (TPSA) is 15.6 Å². The maximum absolute atomic E-state index is 6.58. The van der Waals surface area contributed by atoms with E-state index in [0.29, 0.717) is 5.02 Å². The van der Waals surface area contributed by atoms with Gasteiger partial charge in [0.05, 0.1) is 16.2 Å². The van der Waals surface area contributed by atoms with Gasteiger partial charge in [0.25, 0.3) is 0 Å². The number of aryl methyl sites for hydroxylation is 1. The van der Waals surface area contributed by atoms with E-state index in [-0.39, 0.29) is 5.54 Å². The van der Waals surface area contributed by atoms with Gasteiger partial charge in [0.15, 0.2) is 0 Å². The number of anilines is 1. The molecule has 0 unspecified atom stereocenters. The first-order chi connectivity index (χ1) is 12.2. The minimum absolute atomic E-state index is 0.0244. The molecule has 0 N–H and O–H groups in total. The highest BCUT2D eigenvalue weighted by atomic mass is 35.5. The van der Waals surface area contributed by atoms with Gasteiger partial charge in [-0.3, -0.25) is 4.99 Å². The Hall–Kier alpha value is -1.77. The van der Waals surface area contributed by atoms with Crippen molar-refractivity contribution in [3.63, 3.8) is 0 Å². The van der Waals surface area contributed by atoms with Crippen molar-refractivity contribution >= 4 is 46.4 Å². The summed E-state index contributed by atoms with van der Waals surface area (Å²) in [4.78, 5) is 6.93. The van der Waals surface area contributed by atoms with Crippen molar-refractivity contribution in [3.8, 4) is 0 Å². The molecule has 1 aliphatic rings. The third kappa shape index (κ3) is 3.54. The van der Waals surface area contributed by atoms with E-state index in [1.165, 1.54) is 16.8 Å². The van der Waals surface area contributed by atoms with E-state index in [1.807, 2.05) is 31.3 Å². The Labute approximate surface area is 166 Å². The van der Waals surface area contributed by atoms with Gasteiger partial charge in [-0.2, -0.15) is 0 Å². The third-order valence-corrected chi connectivity index (χ3v) is 5.65. The molecule has 0 saturated carbocycles. The van der Waals surface area contributed by atoms with Gasteiger partial charge >= 0.3 is 0 Å². The van der Waals surface area contributed by atoms with Crippen LogP contribution in [-0.2, 0) is 0 Å². The van der Waals surface area contributed by atoms with Gasteiger partial charge in [-0.25, -0.2) is 0 Å². The molecule has 3 rings (SSSR count). The molecular formula is C22H24Cl2N2. The first-order valence-corrected chi connectivity index (χ1v) is 9.60. The summed E-state index contributed by atoms with van der Waals surface area (Å²) in [6.07, 6.45) is 4.13. The van der Waals surface area contributed by atoms with Crippen LogP contribution in [0, 0.1) is 6.92 Å². The standard InChI is InChI=1S/C22H24Cl2N2/c1-6-26-21-11-20(24)16(9-18(21)15(3)12-22(26,4)5)13-25-17-8-7-14(2)19(23)10-17/h7-13H,6H2,1-5H3. The number of aliphatic imine (C=N–C) groups is 1. The molecule has 1 aliphatic heterocycles. The van der Waals surface area contributed by atoms with E-state index in [9.17, 15) is 0 Å². The van der Waals surface area contributed by atoms with Gasteiger partial charge < -0.3 is 4.90 Å². The molecular weight excluding hydrogens is 363 g/mol. The Morgan fingerprint density at radius 2 is 1.81 bits per heavy atom. The lowest BCUT2D eigenvalue weighted by Crippen LogP contribution is -2.44. The second kappa shape index (κ2) is 7.09. The van der Waals surface area contributed by atoms with Crippen molar-refractivity contribution in [2.75, 3.05) is 11.4 Å². The van der Waals surface area contributed by atoms with Crippen molar-refractivity contribution in [2.24, 2.45) is 4.99 Å². The molecule has 0 atom stereocenters. The summed E-state index contributed by atoms with van der Waals surface area (Å²) in [5.41, 5.74) is 6.39. The van der Waals surface area contributed by atoms with Crippen LogP contribution in [0.25, 0.3) is 5.57 Å². The number of halogens is 2. The highest BCUT2D eigenvalue weighted by Gasteiger charge is 2.30. The molecule has 2 aromatic carbocycles. The predicted molar refractivity (Wildman–Crippen MR) is 116 cm³/mol. The van der Waals surface area contributed by atoms with Gasteiger partial charge in [0.1, 0.15) is 0 Å². The molecule has 26 heavy (non-hydrogen) atoms. The Morgan fingerprint density at radius 3 is 2.46 bits per heavy atom. The lowest BCUT2D eigenvalue weighted by molar-refractivity contribution is 0.566. The fourth-order valence-corrected chi connectivity index (χ4v) is 3.98. The van der Waals surface area contributed by atoms with Gasteiger partial charge in [0, 0.05) is 34.6 Å². The van der Waals surface area contributed by atoms with Crippen molar-refractivity contribution in [1.82, 2.24) is 0 Å². The molecule has 0 fully saturated rings. The Bertz CT molecular complexity index is 911. The van der Waals surface area contributed by atoms with Crippen molar-refractivity contribution < 1.29 is 0 Å². The largest absolute Gasteiger partial charge is 0.363 e. The van der Waals surface area contributed by atoms with E-state index in [1.54, 1.807) is 0 Å². The normalized spacial score (nSPS) is 16.0. The van der Waals surface area contributed by atoms with E-state index in [4.69, 9.17) is 23.2 Å². The zero-order valence-electron chi connectivity index (χ0n) is 15.9. The number of hydrogen-bond donors (Lipinski definition) is 0. The molecule has 4 heteroatoms. The molecule has 2 aromatic rings. The Morgan fingerprint density at radius 1 is 1.08 bits per heavy atom. The highest BCUT2D eigenvalue weighted by molar-refractivity contribution is 6.33. The van der Waals surface area contributed by atoms with E-state index in [2.05, 4.69) is 55.8 Å². The molecule has 136 valence electrons. The van der Waals surface area contributed by atoms with Gasteiger partial charge in [-0.1, -0.05) is 35.3 Å². The minimum atomic E-state index is -0.0244. The second-order valence-electron chi connectivity index (χ2n) is 7.31. The molecule has 0 radical (unpaired) electrons. The molecule has 2 nitrogen and oxygen atoms in total. The summed E-state index contributed by atoms with van der Waals surface area (Å²) in [5.74, 6) is 0. The molecule has 0 saturated heterocycles. The molecule has 0 bridgehead atoms. The van der Waals surface area contributed by atoms with Crippen molar-refractivity contribution in [2.45, 2.75) is 40.2 Å². The number of rotatable bonds is 3. The van der Waals surface area contributed by atoms with Gasteiger partial charge in [-0.05, 0) is 70.0 Å². The molecule has 0 amide bonds. The quantitative estimate of drug-likeness (QED) is 0.514. The van der Waals surface area contributed by atoms with Crippen LogP contribution < -0.4 is 4.90 Å². The summed E-state index contributed by atoms with van der Waals surface area (Å²) < 4.78 is 0. The van der Waals surface area contributed by atoms with E-state index < -0.39 is 0 Å². The third-order valence-electron chi connectivity index (χ3n) is 4.92. The molecule has 0 spiro atoms. The monoisotopic (exact) mass is 386 g/mol. The fourth-order valence-electron chi connectivity index (χ4n) is 3.60.